The Morgan fingerprint density at radius 3 is 2.46 bits per heavy atom. The van der Waals surface area contributed by atoms with Gasteiger partial charge >= 0.3 is 0 Å². The normalized spacial score (nSPS) is 20.7. The van der Waals surface area contributed by atoms with Gasteiger partial charge in [0.1, 0.15) is 23.4 Å². The second-order valence-electron chi connectivity index (χ2n) is 10.2. The van der Waals surface area contributed by atoms with Crippen molar-refractivity contribution in [3.8, 4) is 5.75 Å². The number of nitrogens with zero attached hydrogens (tertiary/aromatic N) is 1. The minimum absolute atomic E-state index is 0.0442. The molecule has 2 atom stereocenters. The third kappa shape index (κ3) is 7.58. The first-order valence-electron chi connectivity index (χ1n) is 12.9. The predicted molar refractivity (Wildman–Crippen MR) is 152 cm³/mol. The summed E-state index contributed by atoms with van der Waals surface area (Å²) in [5, 5.41) is 13.6. The number of sulfonamides is 2. The van der Waals surface area contributed by atoms with Crippen molar-refractivity contribution in [1.29, 1.82) is 0 Å². The molecule has 12 nitrogen and oxygen atoms in total. The quantitative estimate of drug-likeness (QED) is 0.319. The van der Waals surface area contributed by atoms with Gasteiger partial charge in [-0.2, -0.15) is 4.31 Å². The fourth-order valence-corrected chi connectivity index (χ4v) is 8.34. The van der Waals surface area contributed by atoms with E-state index >= 15 is 0 Å². The first-order chi connectivity index (χ1) is 19.1. The van der Waals surface area contributed by atoms with Crippen LogP contribution in [0.4, 0.5) is 0 Å². The van der Waals surface area contributed by atoms with E-state index in [-0.39, 0.29) is 52.0 Å². The van der Waals surface area contributed by atoms with Crippen molar-refractivity contribution in [3.63, 3.8) is 0 Å². The first kappa shape index (κ1) is 32.1. The van der Waals surface area contributed by atoms with Crippen molar-refractivity contribution in [2.75, 3.05) is 46.2 Å². The molecule has 2 aromatic rings. The van der Waals surface area contributed by atoms with Crippen LogP contribution in [0.15, 0.2) is 57.2 Å². The van der Waals surface area contributed by atoms with Crippen LogP contribution >= 0.6 is 11.6 Å². The average molecular weight is 652 g/mol. The third-order valence-electron chi connectivity index (χ3n) is 7.26. The molecular weight excluding hydrogens is 618 g/mol. The summed E-state index contributed by atoms with van der Waals surface area (Å²) in [5.41, 5.74) is -0.511. The van der Waals surface area contributed by atoms with Crippen molar-refractivity contribution in [2.45, 2.75) is 51.7 Å². The molecule has 0 bridgehead atoms. The van der Waals surface area contributed by atoms with Gasteiger partial charge < -0.3 is 19.9 Å². The lowest BCUT2D eigenvalue weighted by Gasteiger charge is -2.38. The van der Waals surface area contributed by atoms with Crippen LogP contribution in [-0.4, -0.2) is 98.6 Å². The van der Waals surface area contributed by atoms with Crippen LogP contribution in [0.1, 0.15) is 19.3 Å². The second-order valence-corrected chi connectivity index (χ2v) is 16.4. The number of rotatable bonds is 11. The summed E-state index contributed by atoms with van der Waals surface area (Å²) in [6.07, 6.45) is 1.67. The van der Waals surface area contributed by atoms with Crippen LogP contribution < -0.4 is 14.8 Å². The number of benzene rings is 2. The van der Waals surface area contributed by atoms with E-state index in [1.807, 2.05) is 0 Å². The van der Waals surface area contributed by atoms with E-state index < -0.39 is 41.6 Å². The van der Waals surface area contributed by atoms with Crippen LogP contribution in [0.2, 0.25) is 5.02 Å². The summed E-state index contributed by atoms with van der Waals surface area (Å²) in [5.74, 6) is 0.314. The molecule has 2 unspecified atom stereocenters. The molecule has 1 spiro atoms. The standard InChI is InChI=1S/C25H34ClN3O9S3/c1-27-40(33,34)22-5-3-4-20(12-22)37-17-19(30)15-28-18-14-25(38-16-18)8-10-29(11-9-25)41(35,36)24-13-21(39(2,31)32)6-7-23(24)26/h3-7,12-13,18-19,27-28,30H,8-11,14-17H2,1-2H3. The Bertz CT molecular complexity index is 1580. The van der Waals surface area contributed by atoms with Crippen molar-refractivity contribution >= 4 is 41.5 Å². The van der Waals surface area contributed by atoms with Crippen molar-refractivity contribution in [1.82, 2.24) is 14.3 Å². The van der Waals surface area contributed by atoms with E-state index in [9.17, 15) is 30.4 Å². The lowest BCUT2D eigenvalue weighted by atomic mass is 9.88. The van der Waals surface area contributed by atoms with Crippen LogP contribution in [0.3, 0.4) is 0 Å². The summed E-state index contributed by atoms with van der Waals surface area (Å²) in [6, 6.07) is 9.57. The van der Waals surface area contributed by atoms with Gasteiger partial charge in [0.05, 0.1) is 27.0 Å². The van der Waals surface area contributed by atoms with Crippen LogP contribution in [0.5, 0.6) is 5.75 Å². The summed E-state index contributed by atoms with van der Waals surface area (Å²) >= 11 is 6.15. The highest BCUT2D eigenvalue weighted by molar-refractivity contribution is 7.91. The third-order valence-corrected chi connectivity index (χ3v) is 12.2. The van der Waals surface area contributed by atoms with Gasteiger partial charge in [0, 0.05) is 38.0 Å². The molecule has 0 aromatic heterocycles. The highest BCUT2D eigenvalue weighted by atomic mass is 35.5. The maximum atomic E-state index is 13.3. The molecule has 0 radical (unpaired) electrons. The van der Waals surface area contributed by atoms with E-state index in [1.54, 1.807) is 12.1 Å². The molecule has 0 aliphatic carbocycles. The molecule has 2 heterocycles. The van der Waals surface area contributed by atoms with Gasteiger partial charge in [-0.1, -0.05) is 17.7 Å². The molecule has 41 heavy (non-hydrogen) atoms. The number of piperidine rings is 1. The highest BCUT2D eigenvalue weighted by Gasteiger charge is 2.45. The number of hydrogen-bond acceptors (Lipinski definition) is 10. The van der Waals surface area contributed by atoms with Gasteiger partial charge in [-0.3, -0.25) is 0 Å². The van der Waals surface area contributed by atoms with Gasteiger partial charge in [0.15, 0.2) is 9.84 Å². The molecule has 0 amide bonds. The number of hydrogen-bond donors (Lipinski definition) is 3. The Kier molecular flexibility index (Phi) is 9.73. The topological polar surface area (TPSA) is 168 Å². The summed E-state index contributed by atoms with van der Waals surface area (Å²) < 4.78 is 89.6. The van der Waals surface area contributed by atoms with Crippen LogP contribution in [-0.2, 0) is 34.6 Å². The Morgan fingerprint density at radius 2 is 1.80 bits per heavy atom. The maximum absolute atomic E-state index is 13.3. The summed E-state index contributed by atoms with van der Waals surface area (Å²) in [7, 11) is -9.92. The molecule has 4 rings (SSSR count). The average Bonchev–Trinajstić information content (AvgIpc) is 3.32. The number of ether oxygens (including phenoxy) is 2. The Balaban J connectivity index is 1.27. The molecule has 228 valence electrons. The molecule has 0 saturated carbocycles. The maximum Gasteiger partial charge on any atom is 0.244 e. The SMILES string of the molecule is CNS(=O)(=O)c1cccc(OCC(O)CNC2COC3(CCN(S(=O)(=O)c4cc(S(C)(=O)=O)ccc4Cl)CC3)C2)c1. The van der Waals surface area contributed by atoms with Crippen molar-refractivity contribution in [2.24, 2.45) is 0 Å². The molecule has 16 heteroatoms. The van der Waals surface area contributed by atoms with Gasteiger partial charge in [0.2, 0.25) is 20.0 Å². The smallest absolute Gasteiger partial charge is 0.244 e. The van der Waals surface area contributed by atoms with Crippen molar-refractivity contribution < 1.29 is 39.8 Å². The van der Waals surface area contributed by atoms with E-state index in [0.717, 1.165) is 12.3 Å². The Labute approximate surface area is 246 Å². The zero-order chi connectivity index (χ0) is 30.1. The Morgan fingerprint density at radius 1 is 1.10 bits per heavy atom. The van der Waals surface area contributed by atoms with E-state index in [2.05, 4.69) is 10.0 Å². The zero-order valence-corrected chi connectivity index (χ0v) is 25.8. The molecular formula is C25H34ClN3O9S3. The van der Waals surface area contributed by atoms with Crippen LogP contribution in [0, 0.1) is 0 Å². The van der Waals surface area contributed by atoms with E-state index in [4.69, 9.17) is 21.1 Å². The fourth-order valence-electron chi connectivity index (χ4n) is 4.91. The van der Waals surface area contributed by atoms with Gasteiger partial charge in [-0.05, 0) is 56.6 Å². The second kappa shape index (κ2) is 12.4. The molecule has 2 saturated heterocycles. The fraction of sp³-hybridized carbons (Fsp3) is 0.520. The lowest BCUT2D eigenvalue weighted by Crippen LogP contribution is -2.47. The number of halogens is 1. The lowest BCUT2D eigenvalue weighted by molar-refractivity contribution is -0.0312. The number of sulfone groups is 1. The predicted octanol–water partition coefficient (Wildman–Crippen LogP) is 0.993. The van der Waals surface area contributed by atoms with Crippen LogP contribution in [0.25, 0.3) is 0 Å². The van der Waals surface area contributed by atoms with Crippen molar-refractivity contribution in [3.05, 3.63) is 47.5 Å². The molecule has 3 N–H and O–H groups in total. The number of nitrogens with one attached hydrogen (secondary N) is 2. The molecule has 2 aliphatic heterocycles. The van der Waals surface area contributed by atoms with E-state index in [1.165, 1.54) is 35.6 Å². The largest absolute Gasteiger partial charge is 0.491 e. The molecule has 2 aliphatic rings. The van der Waals surface area contributed by atoms with Gasteiger partial charge in [0.25, 0.3) is 0 Å². The minimum Gasteiger partial charge on any atom is -0.491 e. The monoisotopic (exact) mass is 651 g/mol. The first-order valence-corrected chi connectivity index (χ1v) is 18.1. The number of aliphatic hydroxyl groups is 1. The summed E-state index contributed by atoms with van der Waals surface area (Å²) in [6.45, 7) is 0.937. The summed E-state index contributed by atoms with van der Waals surface area (Å²) in [4.78, 5) is -0.302. The van der Waals surface area contributed by atoms with E-state index in [0.29, 0.717) is 31.6 Å². The van der Waals surface area contributed by atoms with Gasteiger partial charge in [-0.15, -0.1) is 0 Å². The number of aliphatic hydroxyl groups excluding tert-OH is 1. The zero-order valence-electron chi connectivity index (χ0n) is 22.6. The Hall–Kier alpha value is -1.82. The molecule has 2 fully saturated rings. The highest BCUT2D eigenvalue weighted by Crippen LogP contribution is 2.38. The molecule has 2 aromatic carbocycles. The van der Waals surface area contributed by atoms with Gasteiger partial charge in [-0.25, -0.2) is 30.0 Å². The minimum atomic E-state index is -4.02.